The molecule has 0 saturated carbocycles. The van der Waals surface area contributed by atoms with Gasteiger partial charge in [0, 0.05) is 38.3 Å². The molecule has 6 rings (SSSR count). The summed E-state index contributed by atoms with van der Waals surface area (Å²) < 4.78 is 5.73. The predicted octanol–water partition coefficient (Wildman–Crippen LogP) is 4.15. The second-order valence-corrected chi connectivity index (χ2v) is 8.57. The van der Waals surface area contributed by atoms with E-state index >= 15 is 0 Å². The number of benzene rings is 1. The Hall–Kier alpha value is -3.94. The summed E-state index contributed by atoms with van der Waals surface area (Å²) in [6, 6.07) is 13.9. The summed E-state index contributed by atoms with van der Waals surface area (Å²) in [5, 5.41) is 3.27. The van der Waals surface area contributed by atoms with Gasteiger partial charge in [-0.25, -0.2) is 9.97 Å². The van der Waals surface area contributed by atoms with E-state index in [0.29, 0.717) is 36.8 Å². The van der Waals surface area contributed by atoms with Crippen LogP contribution in [0.2, 0.25) is 0 Å². The van der Waals surface area contributed by atoms with E-state index in [1.54, 1.807) is 6.20 Å². The van der Waals surface area contributed by atoms with Crippen LogP contribution in [-0.2, 0) is 9.59 Å². The molecule has 0 bridgehead atoms. The van der Waals surface area contributed by atoms with Gasteiger partial charge in [-0.15, -0.1) is 0 Å². The summed E-state index contributed by atoms with van der Waals surface area (Å²) in [6.07, 6.45) is 6.40. The predicted molar refractivity (Wildman–Crippen MR) is 127 cm³/mol. The van der Waals surface area contributed by atoms with Crippen molar-refractivity contribution in [3.05, 3.63) is 54.9 Å². The van der Waals surface area contributed by atoms with Crippen LogP contribution in [0.5, 0.6) is 5.88 Å². The van der Waals surface area contributed by atoms with Gasteiger partial charge < -0.3 is 19.9 Å². The molecule has 3 aliphatic heterocycles. The Balaban J connectivity index is 0.00000241. The van der Waals surface area contributed by atoms with Crippen LogP contribution in [0, 0.1) is 0 Å². The van der Waals surface area contributed by atoms with Crippen LogP contribution in [-0.4, -0.2) is 41.0 Å². The monoisotopic (exact) mass is 443 g/mol. The van der Waals surface area contributed by atoms with E-state index in [4.69, 9.17) is 4.74 Å². The zero-order valence-corrected chi connectivity index (χ0v) is 18.0. The fourth-order valence-electron chi connectivity index (χ4n) is 4.74. The third kappa shape index (κ3) is 3.57. The number of carbonyl (C=O) groups is 2. The summed E-state index contributed by atoms with van der Waals surface area (Å²) in [4.78, 5) is 36.8. The molecule has 0 radical (unpaired) electrons. The zero-order chi connectivity index (χ0) is 22.4. The van der Waals surface area contributed by atoms with Crippen LogP contribution in [0.15, 0.2) is 54.9 Å². The van der Waals surface area contributed by atoms with Crippen LogP contribution in [0.25, 0.3) is 11.1 Å². The number of anilines is 4. The third-order valence-electron chi connectivity index (χ3n) is 6.45. The maximum atomic E-state index is 12.3. The first-order valence-corrected chi connectivity index (χ1v) is 11.2. The van der Waals surface area contributed by atoms with E-state index in [1.807, 2.05) is 58.5 Å². The molecule has 3 aromatic rings. The summed E-state index contributed by atoms with van der Waals surface area (Å²) in [7, 11) is 0. The van der Waals surface area contributed by atoms with E-state index in [-0.39, 0.29) is 19.3 Å². The Morgan fingerprint density at radius 3 is 2.58 bits per heavy atom. The molecule has 2 aromatic heterocycles. The zero-order valence-electron chi connectivity index (χ0n) is 18.0. The van der Waals surface area contributed by atoms with E-state index in [9.17, 15) is 9.59 Å². The fourth-order valence-corrected chi connectivity index (χ4v) is 4.74. The molecule has 0 spiro atoms. The van der Waals surface area contributed by atoms with Crippen molar-refractivity contribution in [1.82, 2.24) is 9.97 Å². The number of rotatable bonds is 4. The Morgan fingerprint density at radius 1 is 0.970 bits per heavy atom. The van der Waals surface area contributed by atoms with Gasteiger partial charge >= 0.3 is 0 Å². The first kappa shape index (κ1) is 19.7. The lowest BCUT2D eigenvalue weighted by molar-refractivity contribution is -0.118. The first-order valence-electron chi connectivity index (χ1n) is 11.2. The molecule has 2 amide bonds. The molecule has 168 valence electrons. The molecule has 33 heavy (non-hydrogen) atoms. The molecular formula is C25H25N5O3. The van der Waals surface area contributed by atoms with Crippen LogP contribution in [0.4, 0.5) is 22.9 Å². The highest BCUT2D eigenvalue weighted by Gasteiger charge is 2.38. The highest BCUT2D eigenvalue weighted by Crippen LogP contribution is 2.39. The Labute approximate surface area is 192 Å². The molecule has 8 heteroatoms. The molecule has 1 atom stereocenters. The second-order valence-electron chi connectivity index (χ2n) is 8.57. The smallest absolute Gasteiger partial charge is 0.238 e. The standard InChI is InChI=1S/C25H23N5O3.H2/c31-23-2-1-11-29(23)19-6-3-16(4-7-19)17-5-9-22(26-13-17)28-18-12-21-25(27-14-18)33-15-20-8-10-24(32)30(20)21;/h3-7,9,12-14,20H,1-2,8,10-11,15H2,(H,26,28);1H/t20-;/m0./s1. The molecule has 3 aliphatic rings. The number of nitrogens with zero attached hydrogens (tertiary/aromatic N) is 4. The second kappa shape index (κ2) is 7.88. The summed E-state index contributed by atoms with van der Waals surface area (Å²) >= 11 is 0. The normalized spacial score (nSPS) is 19.3. The molecule has 1 N–H and O–H groups in total. The maximum absolute atomic E-state index is 12.3. The van der Waals surface area contributed by atoms with Crippen molar-refractivity contribution in [2.45, 2.75) is 31.7 Å². The lowest BCUT2D eigenvalue weighted by atomic mass is 10.1. The minimum Gasteiger partial charge on any atom is -0.474 e. The van der Waals surface area contributed by atoms with E-state index in [1.165, 1.54) is 0 Å². The SMILES string of the molecule is O=C1CCCN1c1ccc(-c2ccc(Nc3cnc4c(c3)N3C(=O)CC[C@H]3CO4)nc2)cc1.[HH]. The molecule has 2 saturated heterocycles. The topological polar surface area (TPSA) is 87.7 Å². The van der Waals surface area contributed by atoms with Crippen molar-refractivity contribution in [2.75, 3.05) is 28.3 Å². The Bertz CT molecular complexity index is 1230. The van der Waals surface area contributed by atoms with E-state index in [2.05, 4.69) is 15.3 Å². The molecule has 8 nitrogen and oxygen atoms in total. The summed E-state index contributed by atoms with van der Waals surface area (Å²) in [5.41, 5.74) is 4.43. The quantitative estimate of drug-likeness (QED) is 0.652. The number of carbonyl (C=O) groups excluding carboxylic acids is 2. The van der Waals surface area contributed by atoms with Gasteiger partial charge in [-0.1, -0.05) is 12.1 Å². The highest BCUT2D eigenvalue weighted by atomic mass is 16.5. The van der Waals surface area contributed by atoms with Crippen molar-refractivity contribution in [3.8, 4) is 17.0 Å². The number of hydrogen-bond donors (Lipinski definition) is 1. The summed E-state index contributed by atoms with van der Waals surface area (Å²) in [5.74, 6) is 1.48. The van der Waals surface area contributed by atoms with Crippen molar-refractivity contribution in [3.63, 3.8) is 0 Å². The van der Waals surface area contributed by atoms with Crippen molar-refractivity contribution in [1.29, 1.82) is 0 Å². The van der Waals surface area contributed by atoms with Crippen LogP contribution in [0.3, 0.4) is 0 Å². The largest absolute Gasteiger partial charge is 0.474 e. The molecule has 1 aromatic carbocycles. The van der Waals surface area contributed by atoms with Crippen molar-refractivity contribution < 1.29 is 15.8 Å². The van der Waals surface area contributed by atoms with Crippen LogP contribution in [0.1, 0.15) is 27.1 Å². The van der Waals surface area contributed by atoms with Gasteiger partial charge in [0.1, 0.15) is 18.1 Å². The molecule has 0 unspecified atom stereocenters. The average molecular weight is 444 g/mol. The number of ether oxygens (including phenoxy) is 1. The lowest BCUT2D eigenvalue weighted by Gasteiger charge is -2.31. The number of pyridine rings is 2. The highest BCUT2D eigenvalue weighted by molar-refractivity contribution is 5.98. The summed E-state index contributed by atoms with van der Waals surface area (Å²) in [6.45, 7) is 1.28. The van der Waals surface area contributed by atoms with E-state index in [0.717, 1.165) is 41.9 Å². The maximum Gasteiger partial charge on any atom is 0.238 e. The van der Waals surface area contributed by atoms with Gasteiger partial charge in [0.05, 0.1) is 17.9 Å². The van der Waals surface area contributed by atoms with Gasteiger partial charge in [-0.3, -0.25) is 9.59 Å². The molecular weight excluding hydrogens is 418 g/mol. The van der Waals surface area contributed by atoms with Gasteiger partial charge in [-0.2, -0.15) is 0 Å². The third-order valence-corrected chi connectivity index (χ3v) is 6.45. The molecule has 5 heterocycles. The molecule has 0 aliphatic carbocycles. The lowest BCUT2D eigenvalue weighted by Crippen LogP contribution is -2.40. The fraction of sp³-hybridized carbons (Fsp3) is 0.280. The number of fused-ring (bicyclic) bond motifs is 3. The van der Waals surface area contributed by atoms with Crippen molar-refractivity contribution in [2.24, 2.45) is 0 Å². The minimum atomic E-state index is 0. The number of nitrogens with one attached hydrogen (secondary N) is 1. The van der Waals surface area contributed by atoms with Crippen LogP contribution < -0.4 is 19.9 Å². The van der Waals surface area contributed by atoms with E-state index < -0.39 is 0 Å². The average Bonchev–Trinajstić information content (AvgIpc) is 3.45. The van der Waals surface area contributed by atoms with Gasteiger partial charge in [0.2, 0.25) is 17.7 Å². The van der Waals surface area contributed by atoms with Crippen LogP contribution >= 0.6 is 0 Å². The molecule has 2 fully saturated rings. The van der Waals surface area contributed by atoms with Crippen molar-refractivity contribution >= 4 is 34.7 Å². The Kier molecular flexibility index (Phi) is 4.71. The van der Waals surface area contributed by atoms with Gasteiger partial charge in [-0.05, 0) is 48.7 Å². The number of hydrogen-bond acceptors (Lipinski definition) is 6. The van der Waals surface area contributed by atoms with Gasteiger partial charge in [0.15, 0.2) is 0 Å². The van der Waals surface area contributed by atoms with Gasteiger partial charge in [0.25, 0.3) is 0 Å². The first-order chi connectivity index (χ1) is 16.2. The minimum absolute atomic E-state index is 0. The number of aromatic nitrogens is 2. The number of amides is 2. The Morgan fingerprint density at radius 2 is 1.82 bits per heavy atom.